The average molecular weight is 403 g/mol. The van der Waals surface area contributed by atoms with E-state index in [0.29, 0.717) is 36.8 Å². The minimum absolute atomic E-state index is 0.201. The second-order valence-corrected chi connectivity index (χ2v) is 6.52. The zero-order valence-electron chi connectivity index (χ0n) is 15.0. The number of rotatable bonds is 5. The summed E-state index contributed by atoms with van der Waals surface area (Å²) in [7, 11) is 0. The Balaban J connectivity index is 1.42. The van der Waals surface area contributed by atoms with E-state index in [9.17, 15) is 14.4 Å². The van der Waals surface area contributed by atoms with Crippen LogP contribution in [0.2, 0.25) is 5.02 Å². The van der Waals surface area contributed by atoms with Crippen molar-refractivity contribution in [2.75, 3.05) is 32.8 Å². The number of halogens is 1. The van der Waals surface area contributed by atoms with Gasteiger partial charge in [-0.3, -0.25) is 9.59 Å². The lowest BCUT2D eigenvalue weighted by Crippen LogP contribution is -2.51. The third-order valence-electron chi connectivity index (χ3n) is 4.29. The molecule has 0 radical (unpaired) electrons. The van der Waals surface area contributed by atoms with Gasteiger partial charge in [0.1, 0.15) is 0 Å². The highest BCUT2D eigenvalue weighted by molar-refractivity contribution is 6.32. The molecule has 0 bridgehead atoms. The van der Waals surface area contributed by atoms with Crippen LogP contribution >= 0.6 is 11.6 Å². The molecule has 0 N–H and O–H groups in total. The minimum Gasteiger partial charge on any atom is -0.459 e. The highest BCUT2D eigenvalue weighted by Gasteiger charge is 2.26. The number of nitrogens with zero attached hydrogens (tertiary/aromatic N) is 2. The largest absolute Gasteiger partial charge is 0.459 e. The van der Waals surface area contributed by atoms with Crippen LogP contribution in [0.5, 0.6) is 0 Å². The van der Waals surface area contributed by atoms with Gasteiger partial charge in [0.05, 0.1) is 6.26 Å². The third kappa shape index (κ3) is 5.01. The third-order valence-corrected chi connectivity index (χ3v) is 4.64. The molecule has 0 saturated carbocycles. The Kier molecular flexibility index (Phi) is 6.49. The van der Waals surface area contributed by atoms with Crippen LogP contribution in [0.25, 0.3) is 6.08 Å². The Bertz CT molecular complexity index is 870. The van der Waals surface area contributed by atoms with Crippen LogP contribution in [-0.2, 0) is 14.3 Å². The topological polar surface area (TPSA) is 80.1 Å². The van der Waals surface area contributed by atoms with Gasteiger partial charge < -0.3 is 19.0 Å². The second-order valence-electron chi connectivity index (χ2n) is 6.11. The first-order valence-corrected chi connectivity index (χ1v) is 9.12. The lowest BCUT2D eigenvalue weighted by atomic mass is 10.2. The van der Waals surface area contributed by atoms with Gasteiger partial charge in [-0.05, 0) is 29.8 Å². The summed E-state index contributed by atoms with van der Waals surface area (Å²) < 4.78 is 10.1. The Morgan fingerprint density at radius 1 is 1.04 bits per heavy atom. The molecule has 1 fully saturated rings. The van der Waals surface area contributed by atoms with Crippen molar-refractivity contribution in [3.8, 4) is 0 Å². The van der Waals surface area contributed by atoms with E-state index in [2.05, 4.69) is 0 Å². The molecular formula is C20H19ClN2O5. The highest BCUT2D eigenvalue weighted by atomic mass is 35.5. The molecule has 1 aromatic carbocycles. The summed E-state index contributed by atoms with van der Waals surface area (Å²) in [5.41, 5.74) is 0.685. The Morgan fingerprint density at radius 2 is 1.75 bits per heavy atom. The van der Waals surface area contributed by atoms with E-state index >= 15 is 0 Å². The fraction of sp³-hybridized carbons (Fsp3) is 0.250. The first-order valence-electron chi connectivity index (χ1n) is 8.74. The molecule has 2 amide bonds. The molecule has 7 nitrogen and oxygen atoms in total. The van der Waals surface area contributed by atoms with Crippen LogP contribution in [0, 0.1) is 0 Å². The van der Waals surface area contributed by atoms with Crippen LogP contribution in [-0.4, -0.2) is 60.4 Å². The number of esters is 1. The molecule has 0 unspecified atom stereocenters. The lowest BCUT2D eigenvalue weighted by Gasteiger charge is -2.34. The van der Waals surface area contributed by atoms with Gasteiger partial charge in [-0.15, -0.1) is 0 Å². The number of benzene rings is 1. The molecule has 2 aromatic rings. The molecule has 1 aromatic heterocycles. The lowest BCUT2D eigenvalue weighted by molar-refractivity contribution is -0.148. The van der Waals surface area contributed by atoms with Crippen molar-refractivity contribution in [3.05, 3.63) is 65.1 Å². The van der Waals surface area contributed by atoms with Crippen molar-refractivity contribution in [1.29, 1.82) is 0 Å². The summed E-state index contributed by atoms with van der Waals surface area (Å²) in [5.74, 6) is -0.850. The van der Waals surface area contributed by atoms with Crippen molar-refractivity contribution in [2.45, 2.75) is 0 Å². The first kappa shape index (κ1) is 19.7. The van der Waals surface area contributed by atoms with Gasteiger partial charge in [0.25, 0.3) is 11.8 Å². The molecule has 1 saturated heterocycles. The molecule has 0 atom stereocenters. The minimum atomic E-state index is -0.625. The van der Waals surface area contributed by atoms with E-state index in [-0.39, 0.29) is 24.2 Å². The van der Waals surface area contributed by atoms with Crippen molar-refractivity contribution >= 4 is 35.5 Å². The van der Waals surface area contributed by atoms with E-state index in [1.165, 1.54) is 18.4 Å². The van der Waals surface area contributed by atoms with Gasteiger partial charge in [-0.25, -0.2) is 4.79 Å². The van der Waals surface area contributed by atoms with E-state index in [1.807, 2.05) is 0 Å². The normalized spacial score (nSPS) is 14.3. The quantitative estimate of drug-likeness (QED) is 0.567. The Labute approximate surface area is 167 Å². The van der Waals surface area contributed by atoms with Gasteiger partial charge in [-0.1, -0.05) is 29.8 Å². The number of piperazine rings is 1. The van der Waals surface area contributed by atoms with Crippen LogP contribution in [0.15, 0.2) is 53.2 Å². The van der Waals surface area contributed by atoms with Gasteiger partial charge in [0.2, 0.25) is 0 Å². The predicted octanol–water partition coefficient (Wildman–Crippen LogP) is 2.47. The highest BCUT2D eigenvalue weighted by Crippen LogP contribution is 2.16. The fourth-order valence-corrected chi connectivity index (χ4v) is 2.95. The molecule has 2 heterocycles. The maximum absolute atomic E-state index is 12.2. The van der Waals surface area contributed by atoms with Gasteiger partial charge in [0, 0.05) is 37.3 Å². The van der Waals surface area contributed by atoms with Gasteiger partial charge >= 0.3 is 5.97 Å². The number of hydrogen-bond acceptors (Lipinski definition) is 5. The van der Waals surface area contributed by atoms with E-state index < -0.39 is 5.97 Å². The summed E-state index contributed by atoms with van der Waals surface area (Å²) in [6, 6.07) is 10.3. The molecule has 0 aliphatic carbocycles. The average Bonchev–Trinajstić information content (AvgIpc) is 3.26. The molecular weight excluding hydrogens is 384 g/mol. The number of carbonyl (C=O) groups is 3. The standard InChI is InChI=1S/C20H19ClN2O5/c21-16-5-2-1-4-15(16)7-8-19(25)28-14-18(24)22-9-11-23(12-10-22)20(26)17-6-3-13-27-17/h1-8,13H,9-12,14H2/b8-7+. The molecule has 3 rings (SSSR count). The number of carbonyl (C=O) groups excluding carboxylic acids is 3. The van der Waals surface area contributed by atoms with Crippen molar-refractivity contribution in [2.24, 2.45) is 0 Å². The summed E-state index contributed by atoms with van der Waals surface area (Å²) >= 11 is 6.01. The fourth-order valence-electron chi connectivity index (χ4n) is 2.76. The van der Waals surface area contributed by atoms with E-state index in [0.717, 1.165) is 0 Å². The Morgan fingerprint density at radius 3 is 2.43 bits per heavy atom. The summed E-state index contributed by atoms with van der Waals surface area (Å²) in [4.78, 5) is 39.4. The molecule has 8 heteroatoms. The number of amides is 2. The second kappa shape index (κ2) is 9.23. The molecule has 1 aliphatic rings. The maximum Gasteiger partial charge on any atom is 0.331 e. The van der Waals surface area contributed by atoms with Crippen molar-refractivity contribution in [3.63, 3.8) is 0 Å². The van der Waals surface area contributed by atoms with Gasteiger partial charge in [-0.2, -0.15) is 0 Å². The predicted molar refractivity (Wildman–Crippen MR) is 103 cm³/mol. The zero-order chi connectivity index (χ0) is 19.9. The van der Waals surface area contributed by atoms with E-state index in [1.54, 1.807) is 46.2 Å². The molecule has 1 aliphatic heterocycles. The smallest absolute Gasteiger partial charge is 0.331 e. The monoisotopic (exact) mass is 402 g/mol. The summed E-state index contributed by atoms with van der Waals surface area (Å²) in [6.07, 6.45) is 4.21. The maximum atomic E-state index is 12.2. The zero-order valence-corrected chi connectivity index (χ0v) is 15.8. The summed E-state index contributed by atoms with van der Waals surface area (Å²) in [6.45, 7) is 1.19. The summed E-state index contributed by atoms with van der Waals surface area (Å²) in [5, 5.41) is 0.518. The number of ether oxygens (including phenoxy) is 1. The van der Waals surface area contributed by atoms with Crippen LogP contribution in [0.1, 0.15) is 16.1 Å². The SMILES string of the molecule is O=C(/C=C/c1ccccc1Cl)OCC(=O)N1CCN(C(=O)c2ccco2)CC1. The molecule has 28 heavy (non-hydrogen) atoms. The Hall–Kier alpha value is -3.06. The van der Waals surface area contributed by atoms with Crippen molar-refractivity contribution < 1.29 is 23.5 Å². The van der Waals surface area contributed by atoms with Crippen LogP contribution < -0.4 is 0 Å². The first-order chi connectivity index (χ1) is 13.5. The molecule has 146 valence electrons. The molecule has 0 spiro atoms. The van der Waals surface area contributed by atoms with E-state index in [4.69, 9.17) is 20.8 Å². The number of hydrogen-bond donors (Lipinski definition) is 0. The van der Waals surface area contributed by atoms with Crippen LogP contribution in [0.4, 0.5) is 0 Å². The van der Waals surface area contributed by atoms with Crippen molar-refractivity contribution in [1.82, 2.24) is 9.80 Å². The van der Waals surface area contributed by atoms with Crippen LogP contribution in [0.3, 0.4) is 0 Å². The number of furan rings is 1. The van der Waals surface area contributed by atoms with Gasteiger partial charge in [0.15, 0.2) is 12.4 Å².